The molecule has 1 aromatic heterocycles. The molecule has 2 aromatic rings. The first kappa shape index (κ1) is 7.88. The molecule has 1 heterocycles. The van der Waals surface area contributed by atoms with Gasteiger partial charge in [0.1, 0.15) is 0 Å². The normalized spacial score (nSPS) is 9.45. The minimum Gasteiger partial charge on any atom is -0.323 e. The Morgan fingerprint density at radius 3 is 2.73 bits per heavy atom. The van der Waals surface area contributed by atoms with Gasteiger partial charge in [-0.05, 0) is 6.07 Å². The summed E-state index contributed by atoms with van der Waals surface area (Å²) in [5.41, 5.74) is 0.935. The van der Waals surface area contributed by atoms with Crippen LogP contribution in [0.4, 0.5) is 0 Å². The Hall–Kier alpha value is -1.22. The third-order valence-electron chi connectivity index (χ3n) is 1.43. The van der Waals surface area contributed by atoms with Gasteiger partial charge in [-0.3, -0.25) is 0 Å². The predicted octanol–water partition coefficient (Wildman–Crippen LogP) is 1.17. The van der Waals surface area contributed by atoms with Gasteiger partial charge < -0.3 is 5.84 Å². The Labute approximate surface area is 70.2 Å². The maximum atomic E-state index is 5.40. The highest BCUT2D eigenvalue weighted by molar-refractivity contribution is 5.85. The molecule has 4 heteroatoms. The first-order valence-corrected chi connectivity index (χ1v) is 3.06. The standard InChI is InChI=1S/C7H7N3.ClH/c8-10-5-6-3-1-2-4-7(6)9-10;/h1-5H,8H2;1H. The van der Waals surface area contributed by atoms with E-state index in [1.807, 2.05) is 24.3 Å². The van der Waals surface area contributed by atoms with Gasteiger partial charge in [0, 0.05) is 5.39 Å². The van der Waals surface area contributed by atoms with Crippen LogP contribution >= 0.6 is 12.4 Å². The third kappa shape index (κ3) is 1.28. The summed E-state index contributed by atoms with van der Waals surface area (Å²) >= 11 is 0. The molecule has 0 radical (unpaired) electrons. The summed E-state index contributed by atoms with van der Waals surface area (Å²) < 4.78 is 0. The number of hydrogen-bond acceptors (Lipinski definition) is 2. The lowest BCUT2D eigenvalue weighted by atomic mass is 10.3. The van der Waals surface area contributed by atoms with Crippen LogP contribution in [0.5, 0.6) is 0 Å². The molecule has 3 nitrogen and oxygen atoms in total. The van der Waals surface area contributed by atoms with Crippen molar-refractivity contribution in [3.63, 3.8) is 0 Å². The van der Waals surface area contributed by atoms with E-state index in [1.165, 1.54) is 4.79 Å². The molecule has 0 amide bonds. The maximum absolute atomic E-state index is 5.40. The molecule has 11 heavy (non-hydrogen) atoms. The second-order valence-electron chi connectivity index (χ2n) is 2.17. The van der Waals surface area contributed by atoms with Gasteiger partial charge in [0.2, 0.25) is 0 Å². The highest BCUT2D eigenvalue weighted by Crippen LogP contribution is 2.08. The van der Waals surface area contributed by atoms with Crippen LogP contribution in [0.2, 0.25) is 0 Å². The lowest BCUT2D eigenvalue weighted by Gasteiger charge is -1.80. The molecule has 0 aliphatic carbocycles. The highest BCUT2D eigenvalue weighted by atomic mass is 35.5. The van der Waals surface area contributed by atoms with Crippen molar-refractivity contribution in [2.24, 2.45) is 0 Å². The van der Waals surface area contributed by atoms with Crippen LogP contribution in [-0.2, 0) is 0 Å². The largest absolute Gasteiger partial charge is 0.323 e. The van der Waals surface area contributed by atoms with Crippen LogP contribution < -0.4 is 5.84 Å². The van der Waals surface area contributed by atoms with Gasteiger partial charge in [-0.2, -0.15) is 9.89 Å². The van der Waals surface area contributed by atoms with E-state index in [2.05, 4.69) is 5.10 Å². The zero-order valence-electron chi connectivity index (χ0n) is 5.77. The number of nitrogens with two attached hydrogens (primary N) is 1. The van der Waals surface area contributed by atoms with Crippen LogP contribution in [-0.4, -0.2) is 9.89 Å². The van der Waals surface area contributed by atoms with Crippen molar-refractivity contribution in [2.75, 3.05) is 5.84 Å². The zero-order valence-corrected chi connectivity index (χ0v) is 6.58. The van der Waals surface area contributed by atoms with Crippen molar-refractivity contribution >= 4 is 23.3 Å². The van der Waals surface area contributed by atoms with E-state index in [0.717, 1.165) is 10.9 Å². The molecule has 0 saturated carbocycles. The summed E-state index contributed by atoms with van der Waals surface area (Å²) in [4.78, 5) is 1.32. The van der Waals surface area contributed by atoms with Crippen LogP contribution in [0.25, 0.3) is 10.9 Å². The second-order valence-corrected chi connectivity index (χ2v) is 2.17. The van der Waals surface area contributed by atoms with E-state index in [-0.39, 0.29) is 12.4 Å². The number of benzene rings is 1. The molecule has 0 saturated heterocycles. The molecule has 58 valence electrons. The van der Waals surface area contributed by atoms with Crippen LogP contribution in [0, 0.1) is 0 Å². The summed E-state index contributed by atoms with van der Waals surface area (Å²) in [6, 6.07) is 7.81. The number of hydrogen-bond donors (Lipinski definition) is 1. The van der Waals surface area contributed by atoms with Crippen molar-refractivity contribution in [1.82, 2.24) is 9.89 Å². The Balaban J connectivity index is 0.000000605. The van der Waals surface area contributed by atoms with Gasteiger partial charge in [-0.25, -0.2) is 0 Å². The van der Waals surface area contributed by atoms with Crippen LogP contribution in [0.15, 0.2) is 30.5 Å². The number of fused-ring (bicyclic) bond motifs is 1. The van der Waals surface area contributed by atoms with E-state index in [0.29, 0.717) is 0 Å². The monoisotopic (exact) mass is 169 g/mol. The van der Waals surface area contributed by atoms with E-state index in [1.54, 1.807) is 6.20 Å². The molecule has 1 aromatic carbocycles. The summed E-state index contributed by atoms with van der Waals surface area (Å²) in [6.07, 6.45) is 1.79. The van der Waals surface area contributed by atoms with Crippen molar-refractivity contribution in [1.29, 1.82) is 0 Å². The fraction of sp³-hybridized carbons (Fsp3) is 0. The summed E-state index contributed by atoms with van der Waals surface area (Å²) in [6.45, 7) is 0. The SMILES string of the molecule is Cl.Nn1cc2ccccc2n1. The molecule has 0 unspecified atom stereocenters. The first-order valence-electron chi connectivity index (χ1n) is 3.06. The summed E-state index contributed by atoms with van der Waals surface area (Å²) in [5.74, 6) is 5.40. The van der Waals surface area contributed by atoms with Crippen LogP contribution in [0.3, 0.4) is 0 Å². The van der Waals surface area contributed by atoms with Gasteiger partial charge >= 0.3 is 0 Å². The first-order chi connectivity index (χ1) is 4.86. The van der Waals surface area contributed by atoms with Gasteiger partial charge in [0.15, 0.2) is 0 Å². The van der Waals surface area contributed by atoms with Crippen molar-refractivity contribution in [3.8, 4) is 0 Å². The molecule has 2 N–H and O–H groups in total. The van der Waals surface area contributed by atoms with E-state index in [4.69, 9.17) is 5.84 Å². The maximum Gasteiger partial charge on any atom is 0.0944 e. The molecular weight excluding hydrogens is 162 g/mol. The van der Waals surface area contributed by atoms with Gasteiger partial charge in [0.05, 0.1) is 11.7 Å². The fourth-order valence-corrected chi connectivity index (χ4v) is 0.984. The molecular formula is C7H8ClN3. The lowest BCUT2D eigenvalue weighted by molar-refractivity contribution is 0.846. The molecule has 0 bridgehead atoms. The van der Waals surface area contributed by atoms with Gasteiger partial charge in [-0.1, -0.05) is 18.2 Å². The lowest BCUT2D eigenvalue weighted by Crippen LogP contribution is -2.07. The average Bonchev–Trinajstić information content (AvgIpc) is 2.27. The molecule has 0 spiro atoms. The molecule has 0 aliphatic rings. The van der Waals surface area contributed by atoms with Crippen molar-refractivity contribution in [2.45, 2.75) is 0 Å². The van der Waals surface area contributed by atoms with Crippen molar-refractivity contribution < 1.29 is 0 Å². The fourth-order valence-electron chi connectivity index (χ4n) is 0.984. The number of rotatable bonds is 0. The average molecular weight is 170 g/mol. The topological polar surface area (TPSA) is 43.8 Å². The molecule has 0 fully saturated rings. The summed E-state index contributed by atoms with van der Waals surface area (Å²) in [5, 5.41) is 5.08. The zero-order chi connectivity index (χ0) is 6.97. The van der Waals surface area contributed by atoms with Gasteiger partial charge in [-0.15, -0.1) is 12.4 Å². The summed E-state index contributed by atoms with van der Waals surface area (Å²) in [7, 11) is 0. The quantitative estimate of drug-likeness (QED) is 0.602. The van der Waals surface area contributed by atoms with Crippen LogP contribution in [0.1, 0.15) is 0 Å². The third-order valence-corrected chi connectivity index (χ3v) is 1.43. The second kappa shape index (κ2) is 2.80. The Kier molecular flexibility index (Phi) is 2.01. The van der Waals surface area contributed by atoms with E-state index in [9.17, 15) is 0 Å². The minimum absolute atomic E-state index is 0. The Morgan fingerprint density at radius 1 is 1.27 bits per heavy atom. The number of aromatic nitrogens is 2. The van der Waals surface area contributed by atoms with E-state index < -0.39 is 0 Å². The van der Waals surface area contributed by atoms with E-state index >= 15 is 0 Å². The molecule has 2 rings (SSSR count). The predicted molar refractivity (Wildman–Crippen MR) is 47.1 cm³/mol. The number of halogens is 1. The number of nitrogens with zero attached hydrogens (tertiary/aromatic N) is 2. The molecule has 0 aliphatic heterocycles. The smallest absolute Gasteiger partial charge is 0.0944 e. The van der Waals surface area contributed by atoms with Gasteiger partial charge in [0.25, 0.3) is 0 Å². The number of nitrogen functional groups attached to an aromatic ring is 1. The minimum atomic E-state index is 0. The molecule has 0 atom stereocenters. The highest BCUT2D eigenvalue weighted by Gasteiger charge is 1.93. The Bertz CT molecular complexity index is 322. The Morgan fingerprint density at radius 2 is 2.00 bits per heavy atom. The van der Waals surface area contributed by atoms with Crippen molar-refractivity contribution in [3.05, 3.63) is 30.5 Å².